The van der Waals surface area contributed by atoms with E-state index < -0.39 is 0 Å². The fourth-order valence-corrected chi connectivity index (χ4v) is 3.12. The normalized spacial score (nSPS) is 16.1. The zero-order chi connectivity index (χ0) is 17.8. The van der Waals surface area contributed by atoms with Crippen molar-refractivity contribution in [1.82, 2.24) is 10.1 Å². The molecule has 0 bridgehead atoms. The Labute approximate surface area is 151 Å². The molecule has 132 valence electrons. The minimum absolute atomic E-state index is 0.0699. The quantitative estimate of drug-likeness (QED) is 0.766. The van der Waals surface area contributed by atoms with E-state index in [9.17, 15) is 4.79 Å². The third-order valence-corrected chi connectivity index (χ3v) is 4.34. The molecule has 1 amide bonds. The molecular weight excluding hydrogens is 330 g/mol. The Morgan fingerprint density at radius 1 is 1.12 bits per heavy atom. The van der Waals surface area contributed by atoms with Crippen LogP contribution in [0.5, 0.6) is 0 Å². The SMILES string of the molecule is O=C(Cc1noc(C[C@H]2OCCc3ccccc32)n1)Nc1ccccc1. The van der Waals surface area contributed by atoms with Crippen molar-refractivity contribution in [3.05, 3.63) is 77.4 Å². The van der Waals surface area contributed by atoms with E-state index in [-0.39, 0.29) is 18.4 Å². The summed E-state index contributed by atoms with van der Waals surface area (Å²) in [5.41, 5.74) is 3.21. The summed E-state index contributed by atoms with van der Waals surface area (Å²) in [6.07, 6.45) is 1.40. The van der Waals surface area contributed by atoms with Crippen molar-refractivity contribution in [3.63, 3.8) is 0 Å². The highest BCUT2D eigenvalue weighted by Crippen LogP contribution is 2.29. The molecule has 0 radical (unpaired) electrons. The topological polar surface area (TPSA) is 77.2 Å². The molecule has 1 N–H and O–H groups in total. The van der Waals surface area contributed by atoms with E-state index in [1.165, 1.54) is 11.1 Å². The lowest BCUT2D eigenvalue weighted by Crippen LogP contribution is -2.18. The molecule has 2 heterocycles. The minimum atomic E-state index is -0.178. The van der Waals surface area contributed by atoms with Crippen LogP contribution in [0.3, 0.4) is 0 Å². The Bertz CT molecular complexity index is 892. The standard InChI is InChI=1S/C20H19N3O3/c24-19(21-15-7-2-1-3-8-15)13-18-22-20(26-23-18)12-17-16-9-5-4-6-14(16)10-11-25-17/h1-9,17H,10-13H2,(H,21,24)/t17-/m1/s1. The minimum Gasteiger partial charge on any atom is -0.373 e. The third-order valence-electron chi connectivity index (χ3n) is 4.34. The van der Waals surface area contributed by atoms with Crippen LogP contribution in [-0.4, -0.2) is 22.7 Å². The Morgan fingerprint density at radius 3 is 2.81 bits per heavy atom. The first-order valence-corrected chi connectivity index (χ1v) is 8.64. The van der Waals surface area contributed by atoms with Crippen molar-refractivity contribution >= 4 is 11.6 Å². The average molecular weight is 349 g/mol. The van der Waals surface area contributed by atoms with Crippen LogP contribution in [0.1, 0.15) is 28.9 Å². The third kappa shape index (κ3) is 3.81. The molecule has 4 rings (SSSR count). The van der Waals surface area contributed by atoms with E-state index in [4.69, 9.17) is 9.26 Å². The van der Waals surface area contributed by atoms with Crippen LogP contribution >= 0.6 is 0 Å². The van der Waals surface area contributed by atoms with Gasteiger partial charge in [0.05, 0.1) is 25.6 Å². The average Bonchev–Trinajstić information content (AvgIpc) is 3.09. The molecule has 6 heteroatoms. The second-order valence-electron chi connectivity index (χ2n) is 6.21. The van der Waals surface area contributed by atoms with Gasteiger partial charge in [0, 0.05) is 5.69 Å². The molecule has 1 atom stereocenters. The number of rotatable bonds is 5. The molecule has 0 saturated carbocycles. The van der Waals surface area contributed by atoms with E-state index in [0.717, 1.165) is 12.1 Å². The van der Waals surface area contributed by atoms with Gasteiger partial charge >= 0.3 is 0 Å². The zero-order valence-corrected chi connectivity index (χ0v) is 14.2. The highest BCUT2D eigenvalue weighted by Gasteiger charge is 2.23. The van der Waals surface area contributed by atoms with Gasteiger partial charge in [-0.05, 0) is 29.7 Å². The number of amides is 1. The fourth-order valence-electron chi connectivity index (χ4n) is 3.12. The lowest BCUT2D eigenvalue weighted by molar-refractivity contribution is -0.115. The zero-order valence-electron chi connectivity index (χ0n) is 14.2. The summed E-state index contributed by atoms with van der Waals surface area (Å²) in [5.74, 6) is 0.676. The van der Waals surface area contributed by atoms with Crippen molar-refractivity contribution in [3.8, 4) is 0 Å². The van der Waals surface area contributed by atoms with Gasteiger partial charge in [-0.25, -0.2) is 0 Å². The van der Waals surface area contributed by atoms with Crippen LogP contribution in [0, 0.1) is 0 Å². The van der Waals surface area contributed by atoms with Gasteiger partial charge in [-0.3, -0.25) is 4.79 Å². The summed E-state index contributed by atoms with van der Waals surface area (Å²) in [4.78, 5) is 16.4. The summed E-state index contributed by atoms with van der Waals surface area (Å²) < 4.78 is 11.2. The van der Waals surface area contributed by atoms with E-state index in [1.807, 2.05) is 42.5 Å². The van der Waals surface area contributed by atoms with Gasteiger partial charge in [0.25, 0.3) is 0 Å². The van der Waals surface area contributed by atoms with Gasteiger partial charge in [-0.2, -0.15) is 4.98 Å². The maximum Gasteiger partial charge on any atom is 0.232 e. The molecule has 0 fully saturated rings. The van der Waals surface area contributed by atoms with Gasteiger partial charge < -0.3 is 14.6 Å². The van der Waals surface area contributed by atoms with Crippen LogP contribution in [0.25, 0.3) is 0 Å². The number of carbonyl (C=O) groups is 1. The Balaban J connectivity index is 1.39. The lowest BCUT2D eigenvalue weighted by Gasteiger charge is -2.24. The van der Waals surface area contributed by atoms with E-state index in [1.54, 1.807) is 0 Å². The molecule has 0 saturated heterocycles. The van der Waals surface area contributed by atoms with Gasteiger partial charge in [0.2, 0.25) is 11.8 Å². The number of benzene rings is 2. The van der Waals surface area contributed by atoms with Crippen molar-refractivity contribution in [1.29, 1.82) is 0 Å². The van der Waals surface area contributed by atoms with Crippen molar-refractivity contribution in [2.45, 2.75) is 25.4 Å². The Morgan fingerprint density at radius 2 is 1.92 bits per heavy atom. The number of anilines is 1. The molecule has 1 aromatic heterocycles. The molecular formula is C20H19N3O3. The molecule has 0 unspecified atom stereocenters. The maximum absolute atomic E-state index is 12.1. The first-order chi connectivity index (χ1) is 12.8. The largest absolute Gasteiger partial charge is 0.373 e. The maximum atomic E-state index is 12.1. The highest BCUT2D eigenvalue weighted by molar-refractivity contribution is 5.91. The van der Waals surface area contributed by atoms with Crippen LogP contribution in [0.2, 0.25) is 0 Å². The summed E-state index contributed by atoms with van der Waals surface area (Å²) in [5, 5.41) is 6.73. The number of fused-ring (bicyclic) bond motifs is 1. The number of aromatic nitrogens is 2. The van der Waals surface area contributed by atoms with Crippen LogP contribution < -0.4 is 5.32 Å². The monoisotopic (exact) mass is 349 g/mol. The number of para-hydroxylation sites is 1. The van der Waals surface area contributed by atoms with Gasteiger partial charge in [-0.1, -0.05) is 47.6 Å². The van der Waals surface area contributed by atoms with E-state index in [2.05, 4.69) is 27.6 Å². The molecule has 1 aliphatic heterocycles. The number of nitrogens with zero attached hydrogens (tertiary/aromatic N) is 2. The van der Waals surface area contributed by atoms with Crippen LogP contribution in [-0.2, 0) is 28.8 Å². The molecule has 3 aromatic rings. The van der Waals surface area contributed by atoms with Crippen molar-refractivity contribution in [2.24, 2.45) is 0 Å². The fraction of sp³-hybridized carbons (Fsp3) is 0.250. The molecule has 2 aromatic carbocycles. The summed E-state index contributed by atoms with van der Waals surface area (Å²) in [6.45, 7) is 0.683. The number of ether oxygens (including phenoxy) is 1. The second-order valence-corrected chi connectivity index (χ2v) is 6.21. The number of hydrogen-bond donors (Lipinski definition) is 1. The van der Waals surface area contributed by atoms with Gasteiger partial charge in [0.1, 0.15) is 0 Å². The first-order valence-electron chi connectivity index (χ1n) is 8.64. The molecule has 1 aliphatic rings. The van der Waals surface area contributed by atoms with Gasteiger partial charge in [-0.15, -0.1) is 0 Å². The lowest BCUT2D eigenvalue weighted by atomic mass is 9.96. The highest BCUT2D eigenvalue weighted by atomic mass is 16.5. The molecule has 0 aliphatic carbocycles. The number of nitrogens with one attached hydrogen (secondary N) is 1. The summed E-state index contributed by atoms with van der Waals surface area (Å²) in [6, 6.07) is 17.5. The van der Waals surface area contributed by atoms with Crippen molar-refractivity contribution < 1.29 is 14.1 Å². The predicted octanol–water partition coefficient (Wildman–Crippen LogP) is 3.11. The Hall–Kier alpha value is -2.99. The number of carbonyl (C=O) groups excluding carboxylic acids is 1. The smallest absolute Gasteiger partial charge is 0.232 e. The van der Waals surface area contributed by atoms with Crippen LogP contribution in [0.4, 0.5) is 5.69 Å². The predicted molar refractivity (Wildman–Crippen MR) is 95.6 cm³/mol. The van der Waals surface area contributed by atoms with Gasteiger partial charge in [0.15, 0.2) is 5.82 Å². The Kier molecular flexibility index (Phi) is 4.75. The summed E-state index contributed by atoms with van der Waals surface area (Å²) in [7, 11) is 0. The molecule has 6 nitrogen and oxygen atoms in total. The van der Waals surface area contributed by atoms with Crippen molar-refractivity contribution in [2.75, 3.05) is 11.9 Å². The van der Waals surface area contributed by atoms with E-state index in [0.29, 0.717) is 24.7 Å². The first kappa shape index (κ1) is 16.5. The number of hydrogen-bond acceptors (Lipinski definition) is 5. The molecule has 26 heavy (non-hydrogen) atoms. The summed E-state index contributed by atoms with van der Waals surface area (Å²) >= 11 is 0. The van der Waals surface area contributed by atoms with E-state index >= 15 is 0 Å². The molecule has 0 spiro atoms. The second kappa shape index (κ2) is 7.49. The van der Waals surface area contributed by atoms with Crippen LogP contribution in [0.15, 0.2) is 59.1 Å².